The van der Waals surface area contributed by atoms with Crippen molar-refractivity contribution in [2.24, 2.45) is 7.05 Å². The van der Waals surface area contributed by atoms with Gasteiger partial charge in [-0.2, -0.15) is 0 Å². The molecule has 0 spiro atoms. The molecule has 0 aliphatic rings. The van der Waals surface area contributed by atoms with Crippen LogP contribution in [0.4, 0.5) is 11.4 Å². The zero-order valence-electron chi connectivity index (χ0n) is 15.6. The Kier molecular flexibility index (Phi) is 5.79. The lowest BCUT2D eigenvalue weighted by atomic mass is 10.1. The summed E-state index contributed by atoms with van der Waals surface area (Å²) in [7, 11) is 3.17. The van der Waals surface area contributed by atoms with E-state index >= 15 is 0 Å². The molecule has 28 heavy (non-hydrogen) atoms. The van der Waals surface area contributed by atoms with Crippen LogP contribution in [0.15, 0.2) is 53.1 Å². The molecule has 144 valence electrons. The first-order chi connectivity index (χ1) is 13.4. The molecule has 3 rings (SSSR count). The maximum atomic E-state index is 12.4. The van der Waals surface area contributed by atoms with Crippen molar-refractivity contribution in [1.82, 2.24) is 9.78 Å². The van der Waals surface area contributed by atoms with Crippen molar-refractivity contribution in [2.45, 2.75) is 6.92 Å². The minimum atomic E-state index is -0.340. The van der Waals surface area contributed by atoms with Crippen LogP contribution in [0, 0.1) is 6.92 Å². The molecule has 7 nitrogen and oxygen atoms in total. The molecule has 2 amide bonds. The van der Waals surface area contributed by atoms with Crippen molar-refractivity contribution in [2.75, 3.05) is 17.7 Å². The number of ether oxygens (including phenoxy) is 1. The highest BCUT2D eigenvalue weighted by atomic mass is 79.9. The van der Waals surface area contributed by atoms with Gasteiger partial charge in [-0.05, 0) is 55.0 Å². The van der Waals surface area contributed by atoms with Gasteiger partial charge in [0.25, 0.3) is 11.8 Å². The number of anilines is 2. The number of nitrogens with zero attached hydrogens (tertiary/aromatic N) is 2. The summed E-state index contributed by atoms with van der Waals surface area (Å²) < 4.78 is 7.59. The fourth-order valence-electron chi connectivity index (χ4n) is 2.60. The van der Waals surface area contributed by atoms with E-state index in [1.807, 2.05) is 25.1 Å². The maximum absolute atomic E-state index is 12.4. The summed E-state index contributed by atoms with van der Waals surface area (Å²) in [6.07, 6.45) is 1.58. The Morgan fingerprint density at radius 1 is 1.04 bits per heavy atom. The molecule has 0 atom stereocenters. The van der Waals surface area contributed by atoms with Crippen LogP contribution >= 0.6 is 15.9 Å². The molecule has 0 aliphatic carbocycles. The summed E-state index contributed by atoms with van der Waals surface area (Å²) >= 11 is 3.43. The normalized spacial score (nSPS) is 10.4. The van der Waals surface area contributed by atoms with E-state index in [1.165, 1.54) is 11.8 Å². The third-order valence-corrected chi connectivity index (χ3v) is 4.94. The predicted octanol–water partition coefficient (Wildman–Crippen LogP) is 4.00. The molecule has 1 heterocycles. The van der Waals surface area contributed by atoms with Gasteiger partial charge in [0.05, 0.1) is 7.11 Å². The molecular formula is C20H19BrN4O3. The number of aromatic nitrogens is 2. The standard InChI is InChI=1S/C20H19BrN4O3/c1-12-10-15(8-9-17(12)21)23-18(26)13-4-6-14(7-5-13)22-19(27)16-11-25(2)24-20(16)28-3/h4-11H,1-3H3,(H,22,27)(H,23,26). The average molecular weight is 443 g/mol. The number of carbonyl (C=O) groups is 2. The summed E-state index contributed by atoms with van der Waals surface area (Å²) in [4.78, 5) is 24.8. The Bertz CT molecular complexity index is 1030. The van der Waals surface area contributed by atoms with Gasteiger partial charge in [0, 0.05) is 34.7 Å². The van der Waals surface area contributed by atoms with Gasteiger partial charge < -0.3 is 15.4 Å². The van der Waals surface area contributed by atoms with Crippen LogP contribution in [-0.4, -0.2) is 28.7 Å². The van der Waals surface area contributed by atoms with Gasteiger partial charge in [0.2, 0.25) is 5.88 Å². The van der Waals surface area contributed by atoms with Crippen LogP contribution in [0.5, 0.6) is 5.88 Å². The van der Waals surface area contributed by atoms with Crippen LogP contribution in [-0.2, 0) is 7.05 Å². The molecule has 2 N–H and O–H groups in total. The highest BCUT2D eigenvalue weighted by Gasteiger charge is 2.16. The number of benzene rings is 2. The molecule has 0 unspecified atom stereocenters. The molecule has 0 saturated carbocycles. The summed E-state index contributed by atoms with van der Waals surface area (Å²) in [5, 5.41) is 9.68. The Labute approximate surface area is 170 Å². The second kappa shape index (κ2) is 8.26. The van der Waals surface area contributed by atoms with E-state index in [0.29, 0.717) is 22.5 Å². The first-order valence-electron chi connectivity index (χ1n) is 8.44. The highest BCUT2D eigenvalue weighted by Crippen LogP contribution is 2.21. The second-order valence-electron chi connectivity index (χ2n) is 6.18. The summed E-state index contributed by atoms with van der Waals surface area (Å²) in [5.74, 6) is -0.318. The van der Waals surface area contributed by atoms with Crippen LogP contribution in [0.1, 0.15) is 26.3 Å². The molecule has 0 radical (unpaired) electrons. The third-order valence-electron chi connectivity index (χ3n) is 4.05. The van der Waals surface area contributed by atoms with Crippen molar-refractivity contribution in [3.05, 3.63) is 69.8 Å². The molecule has 0 fully saturated rings. The van der Waals surface area contributed by atoms with Gasteiger partial charge in [-0.3, -0.25) is 14.3 Å². The minimum absolute atomic E-state index is 0.228. The summed E-state index contributed by atoms with van der Waals surface area (Å²) in [6, 6.07) is 12.2. The number of hydrogen-bond acceptors (Lipinski definition) is 4. The van der Waals surface area contributed by atoms with Gasteiger partial charge in [-0.25, -0.2) is 0 Å². The molecule has 2 aromatic carbocycles. The van der Waals surface area contributed by atoms with Crippen molar-refractivity contribution < 1.29 is 14.3 Å². The number of rotatable bonds is 5. The number of halogens is 1. The monoisotopic (exact) mass is 442 g/mol. The van der Waals surface area contributed by atoms with E-state index < -0.39 is 0 Å². The largest absolute Gasteiger partial charge is 0.479 e. The zero-order valence-corrected chi connectivity index (χ0v) is 17.2. The zero-order chi connectivity index (χ0) is 20.3. The van der Waals surface area contributed by atoms with E-state index in [4.69, 9.17) is 4.74 Å². The van der Waals surface area contributed by atoms with E-state index in [-0.39, 0.29) is 17.7 Å². The smallest absolute Gasteiger partial charge is 0.262 e. The van der Waals surface area contributed by atoms with Gasteiger partial charge in [0.1, 0.15) is 5.56 Å². The van der Waals surface area contributed by atoms with Crippen molar-refractivity contribution in [1.29, 1.82) is 0 Å². The fraction of sp³-hybridized carbons (Fsp3) is 0.150. The topological polar surface area (TPSA) is 85.2 Å². The number of methoxy groups -OCH3 is 1. The lowest BCUT2D eigenvalue weighted by Gasteiger charge is -2.09. The predicted molar refractivity (Wildman–Crippen MR) is 111 cm³/mol. The van der Waals surface area contributed by atoms with Crippen LogP contribution in [0.3, 0.4) is 0 Å². The first-order valence-corrected chi connectivity index (χ1v) is 9.23. The Balaban J connectivity index is 1.68. The van der Waals surface area contributed by atoms with Crippen LogP contribution < -0.4 is 15.4 Å². The molecule has 0 bridgehead atoms. The molecule has 0 aliphatic heterocycles. The minimum Gasteiger partial charge on any atom is -0.479 e. The SMILES string of the molecule is COc1nn(C)cc1C(=O)Nc1ccc(C(=O)Nc2ccc(Br)c(C)c2)cc1. The van der Waals surface area contributed by atoms with Crippen LogP contribution in [0.2, 0.25) is 0 Å². The van der Waals surface area contributed by atoms with E-state index in [1.54, 1.807) is 37.5 Å². The Hall–Kier alpha value is -3.13. The summed E-state index contributed by atoms with van der Waals surface area (Å²) in [6.45, 7) is 1.95. The lowest BCUT2D eigenvalue weighted by Crippen LogP contribution is -2.14. The van der Waals surface area contributed by atoms with Crippen LogP contribution in [0.25, 0.3) is 0 Å². The van der Waals surface area contributed by atoms with Crippen molar-refractivity contribution >= 4 is 39.1 Å². The third kappa shape index (κ3) is 4.40. The van der Waals surface area contributed by atoms with Gasteiger partial charge >= 0.3 is 0 Å². The fourth-order valence-corrected chi connectivity index (χ4v) is 2.85. The number of hydrogen-bond donors (Lipinski definition) is 2. The lowest BCUT2D eigenvalue weighted by molar-refractivity contribution is 0.101. The highest BCUT2D eigenvalue weighted by molar-refractivity contribution is 9.10. The molecule has 0 saturated heterocycles. The summed E-state index contributed by atoms with van der Waals surface area (Å²) in [5.41, 5.74) is 3.12. The number of amides is 2. The van der Waals surface area contributed by atoms with Gasteiger partial charge in [0.15, 0.2) is 0 Å². The Morgan fingerprint density at radius 3 is 2.32 bits per heavy atom. The maximum Gasteiger partial charge on any atom is 0.262 e. The second-order valence-corrected chi connectivity index (χ2v) is 7.03. The van der Waals surface area contributed by atoms with E-state index in [9.17, 15) is 9.59 Å². The van der Waals surface area contributed by atoms with E-state index in [0.717, 1.165) is 10.0 Å². The van der Waals surface area contributed by atoms with Crippen molar-refractivity contribution in [3.8, 4) is 5.88 Å². The molecular weight excluding hydrogens is 424 g/mol. The van der Waals surface area contributed by atoms with Gasteiger partial charge in [-0.15, -0.1) is 5.10 Å². The quantitative estimate of drug-likeness (QED) is 0.624. The number of aryl methyl sites for hydroxylation is 2. The first kappa shape index (κ1) is 19.6. The Morgan fingerprint density at radius 2 is 1.68 bits per heavy atom. The molecule has 1 aromatic heterocycles. The van der Waals surface area contributed by atoms with Crippen molar-refractivity contribution in [3.63, 3.8) is 0 Å². The van der Waals surface area contributed by atoms with E-state index in [2.05, 4.69) is 31.7 Å². The molecule has 8 heteroatoms. The average Bonchev–Trinajstić information content (AvgIpc) is 3.06. The molecule has 3 aromatic rings. The number of carbonyl (C=O) groups excluding carboxylic acids is 2. The number of nitrogens with one attached hydrogen (secondary N) is 2. The van der Waals surface area contributed by atoms with Gasteiger partial charge in [-0.1, -0.05) is 15.9 Å².